The zero-order valence-corrected chi connectivity index (χ0v) is 9.99. The zero-order valence-electron chi connectivity index (χ0n) is 9.99. The van der Waals surface area contributed by atoms with Gasteiger partial charge in [0.15, 0.2) is 0 Å². The molecule has 0 aliphatic carbocycles. The van der Waals surface area contributed by atoms with Gasteiger partial charge >= 0.3 is 5.97 Å². The lowest BCUT2D eigenvalue weighted by Gasteiger charge is -2.28. The fourth-order valence-electron chi connectivity index (χ4n) is 1.57. The number of carboxylic acids is 1. The molecule has 88 valence electrons. The predicted octanol–water partition coefficient (Wildman–Crippen LogP) is 3.02. The second-order valence-corrected chi connectivity index (χ2v) is 3.92. The van der Waals surface area contributed by atoms with Crippen LogP contribution in [0.5, 0.6) is 5.75 Å². The number of hydrogen-bond donors (Lipinski definition) is 1. The van der Waals surface area contributed by atoms with Crippen LogP contribution in [0.25, 0.3) is 0 Å². The maximum absolute atomic E-state index is 11.2. The van der Waals surface area contributed by atoms with Crippen LogP contribution >= 0.6 is 0 Å². The summed E-state index contributed by atoms with van der Waals surface area (Å²) in [5.41, 5.74) is 0.0243. The first kappa shape index (κ1) is 12.6. The molecule has 0 amide bonds. The molecule has 0 radical (unpaired) electrons. The first-order chi connectivity index (χ1) is 7.54. The van der Waals surface area contributed by atoms with E-state index in [1.54, 1.807) is 12.1 Å². The molecule has 1 N–H and O–H groups in total. The average molecular weight is 222 g/mol. The topological polar surface area (TPSA) is 46.5 Å². The fourth-order valence-corrected chi connectivity index (χ4v) is 1.57. The molecular formula is C13H18O3. The number of carbonyl (C=O) groups is 1. The van der Waals surface area contributed by atoms with Gasteiger partial charge in [0.1, 0.15) is 5.75 Å². The van der Waals surface area contributed by atoms with Crippen molar-refractivity contribution in [2.45, 2.75) is 39.2 Å². The molecule has 16 heavy (non-hydrogen) atoms. The molecule has 0 fully saturated rings. The second-order valence-electron chi connectivity index (χ2n) is 3.92. The lowest BCUT2D eigenvalue weighted by molar-refractivity contribution is -0.156. The van der Waals surface area contributed by atoms with Crippen LogP contribution < -0.4 is 4.74 Å². The average Bonchev–Trinajstić information content (AvgIpc) is 2.28. The van der Waals surface area contributed by atoms with Crippen molar-refractivity contribution in [1.82, 2.24) is 0 Å². The molecule has 0 saturated carbocycles. The monoisotopic (exact) mass is 222 g/mol. The normalized spacial score (nSPS) is 11.2. The third-order valence-electron chi connectivity index (χ3n) is 2.87. The molecule has 0 saturated heterocycles. The van der Waals surface area contributed by atoms with Gasteiger partial charge in [0.05, 0.1) is 0 Å². The summed E-state index contributed by atoms with van der Waals surface area (Å²) in [6.45, 7) is 5.63. The molecule has 0 bridgehead atoms. The Labute approximate surface area is 96.1 Å². The van der Waals surface area contributed by atoms with Gasteiger partial charge in [0.25, 0.3) is 0 Å². The van der Waals surface area contributed by atoms with Gasteiger partial charge in [-0.05, 0) is 31.9 Å². The van der Waals surface area contributed by atoms with E-state index in [4.69, 9.17) is 4.74 Å². The third kappa shape index (κ3) is 2.54. The van der Waals surface area contributed by atoms with E-state index in [1.807, 2.05) is 32.9 Å². The molecule has 3 nitrogen and oxygen atoms in total. The lowest BCUT2D eigenvalue weighted by Crippen LogP contribution is -2.43. The van der Waals surface area contributed by atoms with E-state index in [0.717, 1.165) is 5.56 Å². The fraction of sp³-hybridized carbons (Fsp3) is 0.462. The Balaban J connectivity index is 2.91. The Morgan fingerprint density at radius 3 is 2.12 bits per heavy atom. The number of carboxylic acid groups (broad SMARTS) is 1. The number of ether oxygens (including phenoxy) is 1. The highest BCUT2D eigenvalue weighted by atomic mass is 16.5. The van der Waals surface area contributed by atoms with Crippen LogP contribution in [0.15, 0.2) is 24.3 Å². The van der Waals surface area contributed by atoms with Crippen molar-refractivity contribution in [2.75, 3.05) is 0 Å². The molecule has 0 aromatic heterocycles. The van der Waals surface area contributed by atoms with Crippen LogP contribution in [0.3, 0.4) is 0 Å². The number of benzene rings is 1. The van der Waals surface area contributed by atoms with E-state index in [1.165, 1.54) is 0 Å². The van der Waals surface area contributed by atoms with Crippen molar-refractivity contribution >= 4 is 5.97 Å². The number of aryl methyl sites for hydroxylation is 1. The van der Waals surface area contributed by atoms with Crippen LogP contribution in [0.4, 0.5) is 0 Å². The maximum atomic E-state index is 11.2. The minimum atomic E-state index is -1.10. The second kappa shape index (κ2) is 5.01. The van der Waals surface area contributed by atoms with Gasteiger partial charge in [0, 0.05) is 0 Å². The van der Waals surface area contributed by atoms with Crippen LogP contribution in [-0.2, 0) is 4.79 Å². The summed E-state index contributed by atoms with van der Waals surface area (Å²) in [6.07, 6.45) is 0.902. The Morgan fingerprint density at radius 2 is 1.75 bits per heavy atom. The Morgan fingerprint density at radius 1 is 1.25 bits per heavy atom. The van der Waals surface area contributed by atoms with Crippen LogP contribution in [0.1, 0.15) is 32.3 Å². The molecule has 1 aromatic carbocycles. The van der Waals surface area contributed by atoms with Gasteiger partial charge in [-0.15, -0.1) is 0 Å². The number of rotatable bonds is 5. The number of aliphatic carboxylic acids is 1. The number of hydrogen-bond acceptors (Lipinski definition) is 2. The summed E-state index contributed by atoms with van der Waals surface area (Å²) < 4.78 is 5.62. The summed E-state index contributed by atoms with van der Waals surface area (Å²) in [5, 5.41) is 9.21. The Kier molecular flexibility index (Phi) is 3.93. The van der Waals surface area contributed by atoms with E-state index >= 15 is 0 Å². The largest absolute Gasteiger partial charge is 0.478 e. The minimum Gasteiger partial charge on any atom is -0.478 e. The highest BCUT2D eigenvalue weighted by molar-refractivity contribution is 5.77. The molecule has 3 heteroatoms. The molecule has 0 spiro atoms. The third-order valence-corrected chi connectivity index (χ3v) is 2.87. The predicted molar refractivity (Wildman–Crippen MR) is 62.8 cm³/mol. The van der Waals surface area contributed by atoms with Crippen LogP contribution in [0, 0.1) is 6.92 Å². The van der Waals surface area contributed by atoms with Gasteiger partial charge in [-0.3, -0.25) is 0 Å². The van der Waals surface area contributed by atoms with Crippen LogP contribution in [-0.4, -0.2) is 16.7 Å². The first-order valence-electron chi connectivity index (χ1n) is 5.53. The molecule has 0 unspecified atom stereocenters. The highest BCUT2D eigenvalue weighted by Crippen LogP contribution is 2.25. The van der Waals surface area contributed by atoms with Crippen molar-refractivity contribution in [3.63, 3.8) is 0 Å². The quantitative estimate of drug-likeness (QED) is 0.833. The zero-order chi connectivity index (χ0) is 12.2. The molecule has 1 aromatic rings. The first-order valence-corrected chi connectivity index (χ1v) is 5.53. The Bertz CT molecular complexity index is 350. The van der Waals surface area contributed by atoms with Crippen molar-refractivity contribution in [3.05, 3.63) is 29.8 Å². The van der Waals surface area contributed by atoms with E-state index < -0.39 is 11.6 Å². The maximum Gasteiger partial charge on any atom is 0.348 e. The Hall–Kier alpha value is -1.51. The van der Waals surface area contributed by atoms with Crippen molar-refractivity contribution in [3.8, 4) is 5.75 Å². The van der Waals surface area contributed by atoms with Gasteiger partial charge in [-0.2, -0.15) is 0 Å². The van der Waals surface area contributed by atoms with Gasteiger partial charge in [-0.25, -0.2) is 4.79 Å². The summed E-state index contributed by atoms with van der Waals surface area (Å²) in [6, 6.07) is 7.43. The lowest BCUT2D eigenvalue weighted by atomic mass is 9.97. The van der Waals surface area contributed by atoms with Gasteiger partial charge in [0.2, 0.25) is 5.60 Å². The minimum absolute atomic E-state index is 0.451. The molecule has 0 atom stereocenters. The van der Waals surface area contributed by atoms with E-state index in [0.29, 0.717) is 18.6 Å². The molecule has 0 heterocycles. The smallest absolute Gasteiger partial charge is 0.348 e. The van der Waals surface area contributed by atoms with E-state index in [-0.39, 0.29) is 0 Å². The van der Waals surface area contributed by atoms with Gasteiger partial charge < -0.3 is 9.84 Å². The van der Waals surface area contributed by atoms with Crippen molar-refractivity contribution < 1.29 is 14.6 Å². The van der Waals surface area contributed by atoms with Crippen molar-refractivity contribution in [1.29, 1.82) is 0 Å². The summed E-state index contributed by atoms with van der Waals surface area (Å²) in [4.78, 5) is 11.2. The molecule has 0 aliphatic heterocycles. The van der Waals surface area contributed by atoms with Crippen molar-refractivity contribution in [2.24, 2.45) is 0 Å². The molecular weight excluding hydrogens is 204 g/mol. The SMILES string of the molecule is CCC(CC)(Oc1ccc(C)cc1)C(=O)O. The van der Waals surface area contributed by atoms with Crippen LogP contribution in [0.2, 0.25) is 0 Å². The molecule has 1 rings (SSSR count). The van der Waals surface area contributed by atoms with Gasteiger partial charge in [-0.1, -0.05) is 31.5 Å². The molecule has 0 aliphatic rings. The standard InChI is InChI=1S/C13H18O3/c1-4-13(5-2,12(14)15)16-11-8-6-10(3)7-9-11/h6-9H,4-5H2,1-3H3,(H,14,15). The summed E-state index contributed by atoms with van der Waals surface area (Å²) >= 11 is 0. The summed E-state index contributed by atoms with van der Waals surface area (Å²) in [5.74, 6) is -0.297. The summed E-state index contributed by atoms with van der Waals surface area (Å²) in [7, 11) is 0. The van der Waals surface area contributed by atoms with E-state index in [2.05, 4.69) is 0 Å². The van der Waals surface area contributed by atoms with E-state index in [9.17, 15) is 9.90 Å². The highest BCUT2D eigenvalue weighted by Gasteiger charge is 2.37.